The summed E-state index contributed by atoms with van der Waals surface area (Å²) in [5.74, 6) is 0. The molecule has 114 valence electrons. The molecule has 0 radical (unpaired) electrons. The lowest BCUT2D eigenvalue weighted by Crippen LogP contribution is -2.38. The fraction of sp³-hybridized carbons (Fsp3) is 0.267. The first kappa shape index (κ1) is 13.9. The molecule has 0 saturated heterocycles. The highest BCUT2D eigenvalue weighted by Gasteiger charge is 2.28. The van der Waals surface area contributed by atoms with Gasteiger partial charge in [-0.1, -0.05) is 23.2 Å². The highest BCUT2D eigenvalue weighted by Crippen LogP contribution is 2.42. The number of benzene rings is 1. The van der Waals surface area contributed by atoms with Crippen LogP contribution in [-0.4, -0.2) is 32.4 Å². The number of nitrogens with zero attached hydrogens (tertiary/aromatic N) is 1. The van der Waals surface area contributed by atoms with Crippen LogP contribution in [0.5, 0.6) is 0 Å². The number of anilines is 1. The van der Waals surface area contributed by atoms with E-state index >= 15 is 0 Å². The fourth-order valence-electron chi connectivity index (χ4n) is 2.92. The number of fused-ring (bicyclic) bond motifs is 1. The lowest BCUT2D eigenvalue weighted by atomic mass is 9.89. The number of hydrogen-bond acceptors (Lipinski definition) is 3. The SMILES string of the molecule is O[C@H]1C[C@@H](Nc2cc(Cl)c(Cl)c3[nH]cc(-c4cn[nH]c4)c23)C1. The van der Waals surface area contributed by atoms with Crippen molar-refractivity contribution in [3.63, 3.8) is 0 Å². The third-order valence-electron chi connectivity index (χ3n) is 4.13. The maximum Gasteiger partial charge on any atom is 0.0834 e. The first-order valence-corrected chi connectivity index (χ1v) is 7.82. The molecule has 0 bridgehead atoms. The zero-order chi connectivity index (χ0) is 15.3. The predicted octanol–water partition coefficient (Wildman–Crippen LogP) is 3.80. The van der Waals surface area contributed by atoms with Crippen LogP contribution in [0.25, 0.3) is 22.0 Å². The molecule has 1 fully saturated rings. The van der Waals surface area contributed by atoms with E-state index in [0.717, 1.165) is 40.6 Å². The summed E-state index contributed by atoms with van der Waals surface area (Å²) in [7, 11) is 0. The van der Waals surface area contributed by atoms with Crippen LogP contribution in [0.2, 0.25) is 10.0 Å². The van der Waals surface area contributed by atoms with E-state index in [1.165, 1.54) is 0 Å². The van der Waals surface area contributed by atoms with E-state index < -0.39 is 0 Å². The van der Waals surface area contributed by atoms with Crippen molar-refractivity contribution in [2.24, 2.45) is 0 Å². The molecule has 0 aliphatic heterocycles. The van der Waals surface area contributed by atoms with Crippen LogP contribution in [0, 0.1) is 0 Å². The number of halogens is 2. The molecule has 4 N–H and O–H groups in total. The van der Waals surface area contributed by atoms with Crippen LogP contribution >= 0.6 is 23.2 Å². The van der Waals surface area contributed by atoms with Gasteiger partial charge in [-0.2, -0.15) is 5.10 Å². The second kappa shape index (κ2) is 5.19. The molecule has 22 heavy (non-hydrogen) atoms. The second-order valence-corrected chi connectivity index (χ2v) is 6.41. The lowest BCUT2D eigenvalue weighted by molar-refractivity contribution is 0.0837. The van der Waals surface area contributed by atoms with Crippen LogP contribution in [-0.2, 0) is 0 Å². The van der Waals surface area contributed by atoms with Crippen molar-refractivity contribution in [1.29, 1.82) is 0 Å². The fourth-order valence-corrected chi connectivity index (χ4v) is 3.33. The molecule has 5 nitrogen and oxygen atoms in total. The molecule has 1 aliphatic rings. The summed E-state index contributed by atoms with van der Waals surface area (Å²) in [5, 5.41) is 21.7. The maximum atomic E-state index is 9.47. The number of nitrogens with one attached hydrogen (secondary N) is 3. The monoisotopic (exact) mass is 336 g/mol. The third-order valence-corrected chi connectivity index (χ3v) is 4.92. The van der Waals surface area contributed by atoms with Crippen molar-refractivity contribution in [2.45, 2.75) is 25.0 Å². The Hall–Kier alpha value is -1.69. The standard InChI is InChI=1S/C15H14Cl2N4O/c16-11-3-12(21-8-1-9(22)2-8)13-10(7-4-19-20-5-7)6-18-15(13)14(11)17/h3-6,8-9,18,21-22H,1-2H2,(H,19,20)/t8-,9+. The van der Waals surface area contributed by atoms with Gasteiger partial charge in [0.2, 0.25) is 0 Å². The molecule has 1 aliphatic carbocycles. The van der Waals surface area contributed by atoms with E-state index in [9.17, 15) is 5.11 Å². The Kier molecular flexibility index (Phi) is 3.29. The highest BCUT2D eigenvalue weighted by molar-refractivity contribution is 6.46. The number of aliphatic hydroxyl groups excluding tert-OH is 1. The molecule has 1 saturated carbocycles. The van der Waals surface area contributed by atoms with Gasteiger partial charge in [0.05, 0.1) is 27.9 Å². The average molecular weight is 337 g/mol. The third kappa shape index (κ3) is 2.17. The lowest BCUT2D eigenvalue weighted by Gasteiger charge is -2.33. The zero-order valence-electron chi connectivity index (χ0n) is 11.5. The van der Waals surface area contributed by atoms with Crippen LogP contribution in [0.15, 0.2) is 24.7 Å². The van der Waals surface area contributed by atoms with Gasteiger partial charge in [-0.15, -0.1) is 0 Å². The topological polar surface area (TPSA) is 76.7 Å². The number of H-pyrrole nitrogens is 2. The van der Waals surface area contributed by atoms with E-state index in [-0.39, 0.29) is 12.1 Å². The molecule has 4 rings (SSSR count). The Labute approximate surface area is 136 Å². The molecule has 2 heterocycles. The maximum absolute atomic E-state index is 9.47. The minimum atomic E-state index is -0.213. The largest absolute Gasteiger partial charge is 0.393 e. The normalized spacial score (nSPS) is 21.0. The van der Waals surface area contributed by atoms with Crippen molar-refractivity contribution >= 4 is 39.8 Å². The van der Waals surface area contributed by atoms with E-state index in [0.29, 0.717) is 10.0 Å². The molecule has 0 atom stereocenters. The van der Waals surface area contributed by atoms with Crippen molar-refractivity contribution in [3.05, 3.63) is 34.7 Å². The number of rotatable bonds is 3. The van der Waals surface area contributed by atoms with Gasteiger partial charge in [0.15, 0.2) is 0 Å². The van der Waals surface area contributed by atoms with Crippen molar-refractivity contribution in [2.75, 3.05) is 5.32 Å². The average Bonchev–Trinajstić information content (AvgIpc) is 3.11. The summed E-state index contributed by atoms with van der Waals surface area (Å²) in [5.41, 5.74) is 3.69. The molecule has 0 spiro atoms. The van der Waals surface area contributed by atoms with Gasteiger partial charge in [-0.3, -0.25) is 5.10 Å². The number of aromatic amines is 2. The molecular weight excluding hydrogens is 323 g/mol. The Bertz CT molecular complexity index is 822. The van der Waals surface area contributed by atoms with Gasteiger partial charge in [0, 0.05) is 40.6 Å². The van der Waals surface area contributed by atoms with Crippen LogP contribution in [0.3, 0.4) is 0 Å². The molecule has 2 aromatic heterocycles. The van der Waals surface area contributed by atoms with Crippen LogP contribution in [0.4, 0.5) is 5.69 Å². The summed E-state index contributed by atoms with van der Waals surface area (Å²) in [4.78, 5) is 3.20. The Morgan fingerprint density at radius 1 is 1.27 bits per heavy atom. The quantitative estimate of drug-likeness (QED) is 0.587. The van der Waals surface area contributed by atoms with Crippen molar-refractivity contribution in [3.8, 4) is 11.1 Å². The van der Waals surface area contributed by atoms with Crippen LogP contribution in [0.1, 0.15) is 12.8 Å². The van der Waals surface area contributed by atoms with E-state index in [4.69, 9.17) is 23.2 Å². The summed E-state index contributed by atoms with van der Waals surface area (Å²) < 4.78 is 0. The van der Waals surface area contributed by atoms with Gasteiger partial charge in [0.25, 0.3) is 0 Å². The summed E-state index contributed by atoms with van der Waals surface area (Å²) in [6, 6.07) is 2.09. The Morgan fingerprint density at radius 3 is 2.77 bits per heavy atom. The van der Waals surface area contributed by atoms with Crippen molar-refractivity contribution in [1.82, 2.24) is 15.2 Å². The van der Waals surface area contributed by atoms with Crippen LogP contribution < -0.4 is 5.32 Å². The van der Waals surface area contributed by atoms with Gasteiger partial charge in [-0.05, 0) is 18.9 Å². The summed E-state index contributed by atoms with van der Waals surface area (Å²) >= 11 is 12.6. The zero-order valence-corrected chi connectivity index (χ0v) is 13.0. The Morgan fingerprint density at radius 2 is 2.09 bits per heavy atom. The number of aromatic nitrogens is 3. The molecule has 1 aromatic carbocycles. The van der Waals surface area contributed by atoms with Gasteiger partial charge < -0.3 is 15.4 Å². The van der Waals surface area contributed by atoms with E-state index in [1.54, 1.807) is 6.20 Å². The van der Waals surface area contributed by atoms with E-state index in [2.05, 4.69) is 20.5 Å². The Balaban J connectivity index is 1.86. The van der Waals surface area contributed by atoms with Gasteiger partial charge in [0.1, 0.15) is 0 Å². The van der Waals surface area contributed by atoms with Gasteiger partial charge in [-0.25, -0.2) is 0 Å². The molecule has 0 amide bonds. The second-order valence-electron chi connectivity index (χ2n) is 5.63. The minimum Gasteiger partial charge on any atom is -0.393 e. The smallest absolute Gasteiger partial charge is 0.0834 e. The number of aliphatic hydroxyl groups is 1. The minimum absolute atomic E-state index is 0.213. The van der Waals surface area contributed by atoms with E-state index in [1.807, 2.05) is 18.5 Å². The molecule has 3 aromatic rings. The highest BCUT2D eigenvalue weighted by atomic mass is 35.5. The summed E-state index contributed by atoms with van der Waals surface area (Å²) in [6.07, 6.45) is 6.78. The first-order valence-electron chi connectivity index (χ1n) is 7.06. The van der Waals surface area contributed by atoms with Crippen molar-refractivity contribution < 1.29 is 5.11 Å². The molecule has 0 unspecified atom stereocenters. The first-order chi connectivity index (χ1) is 10.6. The summed E-state index contributed by atoms with van der Waals surface area (Å²) in [6.45, 7) is 0. The van der Waals surface area contributed by atoms with Gasteiger partial charge >= 0.3 is 0 Å². The predicted molar refractivity (Wildman–Crippen MR) is 88.6 cm³/mol. The number of hydrogen-bond donors (Lipinski definition) is 4. The molecular formula is C15H14Cl2N4O. The molecule has 7 heteroatoms.